The van der Waals surface area contributed by atoms with E-state index in [1.165, 1.54) is 18.4 Å². The number of aromatic amines is 1. The fourth-order valence-corrected chi connectivity index (χ4v) is 7.84. The van der Waals surface area contributed by atoms with Crippen LogP contribution in [0.25, 0.3) is 10.9 Å². The number of hydrogen-bond donors (Lipinski definition) is 5. The molecule has 0 radical (unpaired) electrons. The summed E-state index contributed by atoms with van der Waals surface area (Å²) in [7, 11) is 0. The standard InChI is InChI=1S/C27H29N5O3/c28-25(29)30-15-4-5-16-17-11-27(34)20-9-14-3-6-19(33)23-21(14)26(27,7-8-32(20)12-13-1-2-13)24(35-23)22(17)31-18(16)10-15/h3-6,10,13,20,24,31,33-34H,1-2,7-9,11-12H2,(H4,28,29,30)/t20?,24-,26?,27?/m0/s1. The molecule has 1 saturated heterocycles. The average molecular weight is 472 g/mol. The largest absolute Gasteiger partial charge is 0.504 e. The molecular weight excluding hydrogens is 442 g/mol. The molecule has 3 aromatic rings. The highest BCUT2D eigenvalue weighted by Gasteiger charge is 2.72. The Labute approximate surface area is 202 Å². The van der Waals surface area contributed by atoms with Gasteiger partial charge in [0.2, 0.25) is 0 Å². The number of phenolic OH excluding ortho intramolecular Hbond substituents is 1. The third-order valence-corrected chi connectivity index (χ3v) is 9.40. The second-order valence-electron chi connectivity index (χ2n) is 11.2. The van der Waals surface area contributed by atoms with Crippen LogP contribution >= 0.6 is 0 Å². The molecule has 35 heavy (non-hydrogen) atoms. The molecule has 2 aliphatic heterocycles. The minimum absolute atomic E-state index is 0.0158. The highest BCUT2D eigenvalue weighted by atomic mass is 16.5. The van der Waals surface area contributed by atoms with E-state index in [2.05, 4.69) is 14.9 Å². The van der Waals surface area contributed by atoms with E-state index in [0.717, 1.165) is 59.6 Å². The number of benzene rings is 2. The van der Waals surface area contributed by atoms with Crippen LogP contribution < -0.4 is 16.2 Å². The molecule has 8 nitrogen and oxygen atoms in total. The number of H-pyrrole nitrogens is 1. The summed E-state index contributed by atoms with van der Waals surface area (Å²) in [6, 6.07) is 9.68. The second kappa shape index (κ2) is 6.30. The maximum Gasteiger partial charge on any atom is 0.191 e. The molecule has 2 bridgehead atoms. The summed E-state index contributed by atoms with van der Waals surface area (Å²) < 4.78 is 6.63. The number of aromatic hydroxyl groups is 1. The van der Waals surface area contributed by atoms with E-state index in [1.807, 2.05) is 24.3 Å². The van der Waals surface area contributed by atoms with Crippen molar-refractivity contribution >= 4 is 22.5 Å². The van der Waals surface area contributed by atoms with Gasteiger partial charge in [0.25, 0.3) is 0 Å². The summed E-state index contributed by atoms with van der Waals surface area (Å²) in [6.45, 7) is 1.99. The molecular formula is C27H29N5O3. The molecule has 3 heterocycles. The number of aliphatic imine (C=N–C) groups is 1. The maximum absolute atomic E-state index is 12.8. The number of fused-ring (bicyclic) bond motifs is 4. The molecule has 2 aromatic carbocycles. The number of nitrogens with two attached hydrogens (primary N) is 2. The quantitative estimate of drug-likeness (QED) is 0.294. The minimum atomic E-state index is -0.989. The molecule has 180 valence electrons. The third-order valence-electron chi connectivity index (χ3n) is 9.40. The lowest BCUT2D eigenvalue weighted by Crippen LogP contribution is -2.74. The van der Waals surface area contributed by atoms with Crippen molar-refractivity contribution in [1.29, 1.82) is 0 Å². The zero-order chi connectivity index (χ0) is 23.7. The molecule has 8 rings (SSSR count). The maximum atomic E-state index is 12.8. The molecule has 1 saturated carbocycles. The summed E-state index contributed by atoms with van der Waals surface area (Å²) in [5, 5.41) is 24.7. The van der Waals surface area contributed by atoms with Gasteiger partial charge in [0.15, 0.2) is 23.6 Å². The summed E-state index contributed by atoms with van der Waals surface area (Å²) in [4.78, 5) is 10.4. The van der Waals surface area contributed by atoms with Crippen molar-refractivity contribution < 1.29 is 14.9 Å². The van der Waals surface area contributed by atoms with Crippen molar-refractivity contribution in [1.82, 2.24) is 9.88 Å². The van der Waals surface area contributed by atoms with Gasteiger partial charge in [-0.15, -0.1) is 0 Å². The van der Waals surface area contributed by atoms with Crippen molar-refractivity contribution in [3.8, 4) is 11.5 Å². The first-order valence-corrected chi connectivity index (χ1v) is 12.6. The van der Waals surface area contributed by atoms with Crippen molar-refractivity contribution in [2.45, 2.75) is 55.3 Å². The normalized spacial score (nSPS) is 32.1. The van der Waals surface area contributed by atoms with Crippen LogP contribution in [0.2, 0.25) is 0 Å². The molecule has 8 heteroatoms. The van der Waals surface area contributed by atoms with Crippen LogP contribution in [0.5, 0.6) is 11.5 Å². The van der Waals surface area contributed by atoms with Crippen molar-refractivity contribution in [2.75, 3.05) is 13.1 Å². The number of hydrogen-bond acceptors (Lipinski definition) is 5. The van der Waals surface area contributed by atoms with E-state index in [4.69, 9.17) is 16.2 Å². The number of aliphatic hydroxyl groups is 1. The summed E-state index contributed by atoms with van der Waals surface area (Å²) in [5.74, 6) is 1.47. The van der Waals surface area contributed by atoms with Crippen molar-refractivity contribution in [3.05, 3.63) is 52.7 Å². The Bertz CT molecular complexity index is 1450. The molecule has 5 aliphatic rings. The predicted octanol–water partition coefficient (Wildman–Crippen LogP) is 2.48. The topological polar surface area (TPSA) is 133 Å². The van der Waals surface area contributed by atoms with Crippen LogP contribution in [0.15, 0.2) is 35.3 Å². The molecule has 4 atom stereocenters. The summed E-state index contributed by atoms with van der Waals surface area (Å²) in [6.07, 6.45) is 4.31. The van der Waals surface area contributed by atoms with Gasteiger partial charge in [-0.1, -0.05) is 12.1 Å². The van der Waals surface area contributed by atoms with Crippen molar-refractivity contribution in [2.24, 2.45) is 22.4 Å². The third kappa shape index (κ3) is 2.37. The second-order valence-corrected chi connectivity index (χ2v) is 11.2. The van der Waals surface area contributed by atoms with Crippen LogP contribution in [-0.4, -0.2) is 50.8 Å². The minimum Gasteiger partial charge on any atom is -0.504 e. The fourth-order valence-electron chi connectivity index (χ4n) is 7.84. The molecule has 7 N–H and O–H groups in total. The number of nitrogens with zero attached hydrogens (tertiary/aromatic N) is 2. The summed E-state index contributed by atoms with van der Waals surface area (Å²) >= 11 is 0. The molecule has 1 spiro atoms. The Kier molecular flexibility index (Phi) is 3.60. The fraction of sp³-hybridized carbons (Fsp3) is 0.444. The van der Waals surface area contributed by atoms with Gasteiger partial charge in [-0.25, -0.2) is 4.99 Å². The monoisotopic (exact) mass is 471 g/mol. The van der Waals surface area contributed by atoms with Gasteiger partial charge in [-0.2, -0.15) is 0 Å². The van der Waals surface area contributed by atoms with Crippen LogP contribution in [0.3, 0.4) is 0 Å². The summed E-state index contributed by atoms with van der Waals surface area (Å²) in [5.41, 5.74) is 15.5. The number of likely N-dealkylation sites (tertiary alicyclic amines) is 1. The van der Waals surface area contributed by atoms with Crippen LogP contribution in [-0.2, 0) is 18.3 Å². The van der Waals surface area contributed by atoms with Crippen LogP contribution in [0.1, 0.15) is 47.8 Å². The molecule has 3 unspecified atom stereocenters. The van der Waals surface area contributed by atoms with E-state index in [1.54, 1.807) is 6.07 Å². The van der Waals surface area contributed by atoms with E-state index in [9.17, 15) is 10.2 Å². The number of guanidine groups is 1. The molecule has 0 amide bonds. The van der Waals surface area contributed by atoms with E-state index >= 15 is 0 Å². The number of rotatable bonds is 3. The molecule has 3 aliphatic carbocycles. The predicted molar refractivity (Wildman–Crippen MR) is 132 cm³/mol. The number of aromatic nitrogens is 1. The van der Waals surface area contributed by atoms with Crippen molar-refractivity contribution in [3.63, 3.8) is 0 Å². The number of nitrogens with one attached hydrogen (secondary N) is 1. The highest BCUT2D eigenvalue weighted by Crippen LogP contribution is 2.69. The van der Waals surface area contributed by atoms with E-state index in [0.29, 0.717) is 17.9 Å². The Morgan fingerprint density at radius 3 is 2.89 bits per heavy atom. The molecule has 2 fully saturated rings. The van der Waals surface area contributed by atoms with Crippen LogP contribution in [0, 0.1) is 5.92 Å². The van der Waals surface area contributed by atoms with Gasteiger partial charge < -0.3 is 31.4 Å². The molecule has 1 aromatic heterocycles. The van der Waals surface area contributed by atoms with Gasteiger partial charge in [-0.05, 0) is 67.5 Å². The first-order valence-electron chi connectivity index (χ1n) is 12.6. The first kappa shape index (κ1) is 20.0. The van der Waals surface area contributed by atoms with E-state index in [-0.39, 0.29) is 23.9 Å². The Morgan fingerprint density at radius 2 is 2.09 bits per heavy atom. The van der Waals surface area contributed by atoms with Gasteiger partial charge in [0, 0.05) is 35.5 Å². The average Bonchev–Trinajstić information content (AvgIpc) is 3.45. The van der Waals surface area contributed by atoms with Gasteiger partial charge in [-0.3, -0.25) is 4.90 Å². The number of ether oxygens (including phenoxy) is 1. The lowest BCUT2D eigenvalue weighted by molar-refractivity contribution is -0.173. The Morgan fingerprint density at radius 1 is 1.23 bits per heavy atom. The lowest BCUT2D eigenvalue weighted by Gasteiger charge is -2.62. The number of phenols is 1. The number of piperidine rings is 1. The van der Waals surface area contributed by atoms with Gasteiger partial charge >= 0.3 is 0 Å². The highest BCUT2D eigenvalue weighted by molar-refractivity contribution is 5.89. The first-order chi connectivity index (χ1) is 16.9. The Balaban J connectivity index is 1.37. The van der Waals surface area contributed by atoms with Gasteiger partial charge in [0.05, 0.1) is 22.4 Å². The van der Waals surface area contributed by atoms with E-state index < -0.39 is 11.0 Å². The SMILES string of the molecule is NC(N)=Nc1ccc2c3c([nH]c2c1)[C@@H]1Oc2c(O)ccc4c2C12CCN(CC1CC1)C(C4)C2(O)C3. The zero-order valence-electron chi connectivity index (χ0n) is 19.4. The van der Waals surface area contributed by atoms with Crippen LogP contribution in [0.4, 0.5) is 5.69 Å². The smallest absolute Gasteiger partial charge is 0.191 e. The Hall–Kier alpha value is -3.23. The zero-order valence-corrected chi connectivity index (χ0v) is 19.4. The van der Waals surface area contributed by atoms with Gasteiger partial charge in [0.1, 0.15) is 0 Å². The lowest BCUT2D eigenvalue weighted by atomic mass is 9.49.